The number of hydrogen-bond donors (Lipinski definition) is 1. The van der Waals surface area contributed by atoms with Crippen LogP contribution in [-0.4, -0.2) is 16.2 Å². The van der Waals surface area contributed by atoms with Gasteiger partial charge in [-0.15, -0.1) is 10.2 Å². The lowest BCUT2D eigenvalue weighted by atomic mass is 9.63. The second-order valence-corrected chi connectivity index (χ2v) is 7.33. The molecule has 1 fully saturated rings. The molecular formula is C12H21N3S. The fourth-order valence-corrected chi connectivity index (χ4v) is 3.88. The van der Waals surface area contributed by atoms with Crippen LogP contribution >= 0.6 is 11.3 Å². The maximum Gasteiger partial charge on any atom is 0.205 e. The van der Waals surface area contributed by atoms with Gasteiger partial charge in [0, 0.05) is 6.04 Å². The molecule has 0 radical (unpaired) electrons. The van der Waals surface area contributed by atoms with Crippen molar-refractivity contribution in [3.8, 4) is 0 Å². The lowest BCUT2D eigenvalue weighted by molar-refractivity contribution is 0.105. The van der Waals surface area contributed by atoms with Crippen molar-refractivity contribution in [3.63, 3.8) is 0 Å². The standard InChI is InChI=1S/C12H21N3S/c1-11(2)5-9(6-12(3,4)7-11)14-10-15-13-8-16-10/h8-9H,5-7H2,1-4H3,(H,14,15). The van der Waals surface area contributed by atoms with Crippen LogP contribution < -0.4 is 5.32 Å². The van der Waals surface area contributed by atoms with Gasteiger partial charge in [0.25, 0.3) is 0 Å². The smallest absolute Gasteiger partial charge is 0.205 e. The summed E-state index contributed by atoms with van der Waals surface area (Å²) in [6.07, 6.45) is 3.74. The molecule has 1 N–H and O–H groups in total. The van der Waals surface area contributed by atoms with E-state index in [-0.39, 0.29) is 0 Å². The highest BCUT2D eigenvalue weighted by atomic mass is 32.1. The first-order valence-corrected chi connectivity index (χ1v) is 6.77. The Morgan fingerprint density at radius 3 is 2.38 bits per heavy atom. The molecule has 16 heavy (non-hydrogen) atoms. The maximum atomic E-state index is 4.06. The van der Waals surface area contributed by atoms with Crippen molar-refractivity contribution in [2.24, 2.45) is 10.8 Å². The van der Waals surface area contributed by atoms with Crippen LogP contribution in [0.2, 0.25) is 0 Å². The molecular weight excluding hydrogens is 218 g/mol. The quantitative estimate of drug-likeness (QED) is 0.857. The first kappa shape index (κ1) is 11.8. The largest absolute Gasteiger partial charge is 0.357 e. The molecule has 1 heterocycles. The van der Waals surface area contributed by atoms with E-state index in [2.05, 4.69) is 43.2 Å². The SMILES string of the molecule is CC1(C)CC(Nc2nncs2)CC(C)(C)C1. The Bertz CT molecular complexity index is 327. The number of rotatable bonds is 2. The number of nitrogens with one attached hydrogen (secondary N) is 1. The monoisotopic (exact) mass is 239 g/mol. The van der Waals surface area contributed by atoms with Crippen molar-refractivity contribution in [2.75, 3.05) is 5.32 Å². The van der Waals surface area contributed by atoms with Crippen LogP contribution in [0.25, 0.3) is 0 Å². The third-order valence-electron chi connectivity index (χ3n) is 3.24. The minimum atomic E-state index is 0.421. The Morgan fingerprint density at radius 1 is 1.25 bits per heavy atom. The molecule has 1 aromatic rings. The fraction of sp³-hybridized carbons (Fsp3) is 0.833. The Labute approximate surface area is 102 Å². The van der Waals surface area contributed by atoms with Crippen molar-refractivity contribution in [1.29, 1.82) is 0 Å². The number of aromatic nitrogens is 2. The Kier molecular flexibility index (Phi) is 2.95. The van der Waals surface area contributed by atoms with Gasteiger partial charge < -0.3 is 5.32 Å². The van der Waals surface area contributed by atoms with E-state index in [0.717, 1.165) is 5.13 Å². The second-order valence-electron chi connectivity index (χ2n) is 6.50. The van der Waals surface area contributed by atoms with Crippen LogP contribution in [0.5, 0.6) is 0 Å². The molecule has 1 aliphatic carbocycles. The minimum absolute atomic E-state index is 0.421. The van der Waals surface area contributed by atoms with Crippen LogP contribution in [0.15, 0.2) is 5.51 Å². The predicted octanol–water partition coefficient (Wildman–Crippen LogP) is 3.55. The number of nitrogens with zero attached hydrogens (tertiary/aromatic N) is 2. The van der Waals surface area contributed by atoms with Crippen molar-refractivity contribution in [1.82, 2.24) is 10.2 Å². The fourth-order valence-electron chi connectivity index (χ4n) is 3.36. The molecule has 4 heteroatoms. The van der Waals surface area contributed by atoms with E-state index in [1.807, 2.05) is 0 Å². The van der Waals surface area contributed by atoms with E-state index < -0.39 is 0 Å². The Balaban J connectivity index is 2.05. The van der Waals surface area contributed by atoms with Crippen molar-refractivity contribution < 1.29 is 0 Å². The highest BCUT2D eigenvalue weighted by Gasteiger charge is 2.38. The molecule has 0 aromatic carbocycles. The molecule has 0 spiro atoms. The van der Waals surface area contributed by atoms with Gasteiger partial charge in [-0.05, 0) is 30.1 Å². The molecule has 0 amide bonds. The summed E-state index contributed by atoms with van der Waals surface area (Å²) in [4.78, 5) is 0. The normalized spacial score (nSPS) is 24.2. The molecule has 90 valence electrons. The molecule has 3 nitrogen and oxygen atoms in total. The van der Waals surface area contributed by atoms with E-state index >= 15 is 0 Å². The van der Waals surface area contributed by atoms with Crippen molar-refractivity contribution >= 4 is 16.5 Å². The van der Waals surface area contributed by atoms with E-state index in [0.29, 0.717) is 16.9 Å². The molecule has 1 saturated carbocycles. The summed E-state index contributed by atoms with van der Waals surface area (Å²) >= 11 is 1.58. The predicted molar refractivity (Wildman–Crippen MR) is 68.7 cm³/mol. The molecule has 0 saturated heterocycles. The summed E-state index contributed by atoms with van der Waals surface area (Å²) in [7, 11) is 0. The van der Waals surface area contributed by atoms with Gasteiger partial charge in [0.05, 0.1) is 0 Å². The van der Waals surface area contributed by atoms with Gasteiger partial charge in [0.1, 0.15) is 5.51 Å². The maximum absolute atomic E-state index is 4.06. The van der Waals surface area contributed by atoms with E-state index in [4.69, 9.17) is 0 Å². The van der Waals surface area contributed by atoms with Gasteiger partial charge in [-0.2, -0.15) is 0 Å². The molecule has 1 aromatic heterocycles. The zero-order chi connectivity index (χ0) is 11.8. The van der Waals surface area contributed by atoms with Gasteiger partial charge >= 0.3 is 0 Å². The molecule has 0 bridgehead atoms. The summed E-state index contributed by atoms with van der Waals surface area (Å²) in [5, 5.41) is 12.4. The van der Waals surface area contributed by atoms with Gasteiger partial charge in [-0.25, -0.2) is 0 Å². The molecule has 1 aliphatic rings. The lowest BCUT2D eigenvalue weighted by Gasteiger charge is -2.45. The number of anilines is 1. The van der Waals surface area contributed by atoms with Gasteiger partial charge in [0.15, 0.2) is 0 Å². The summed E-state index contributed by atoms with van der Waals surface area (Å²) in [6.45, 7) is 9.46. The molecule has 0 aliphatic heterocycles. The Hall–Kier alpha value is -0.640. The van der Waals surface area contributed by atoms with Gasteiger partial charge in [0.2, 0.25) is 5.13 Å². The average Bonchev–Trinajstić information content (AvgIpc) is 2.49. The van der Waals surface area contributed by atoms with E-state index in [9.17, 15) is 0 Å². The third kappa shape index (κ3) is 2.94. The first-order valence-electron chi connectivity index (χ1n) is 5.89. The lowest BCUT2D eigenvalue weighted by Crippen LogP contribution is -2.40. The van der Waals surface area contributed by atoms with Crippen LogP contribution in [0.4, 0.5) is 5.13 Å². The Morgan fingerprint density at radius 2 is 1.88 bits per heavy atom. The van der Waals surface area contributed by atoms with Crippen LogP contribution in [0, 0.1) is 10.8 Å². The topological polar surface area (TPSA) is 37.8 Å². The molecule has 2 rings (SSSR count). The highest BCUT2D eigenvalue weighted by molar-refractivity contribution is 7.13. The van der Waals surface area contributed by atoms with E-state index in [1.54, 1.807) is 16.8 Å². The summed E-state index contributed by atoms with van der Waals surface area (Å²) in [5.41, 5.74) is 2.62. The summed E-state index contributed by atoms with van der Waals surface area (Å²) in [6, 6.07) is 0.534. The zero-order valence-corrected chi connectivity index (χ0v) is 11.4. The van der Waals surface area contributed by atoms with Crippen LogP contribution in [0.1, 0.15) is 47.0 Å². The van der Waals surface area contributed by atoms with Crippen molar-refractivity contribution in [3.05, 3.63) is 5.51 Å². The molecule has 0 unspecified atom stereocenters. The summed E-state index contributed by atoms with van der Waals surface area (Å²) in [5.74, 6) is 0. The zero-order valence-electron chi connectivity index (χ0n) is 10.6. The second kappa shape index (κ2) is 3.99. The van der Waals surface area contributed by atoms with Crippen molar-refractivity contribution in [2.45, 2.75) is 53.0 Å². The van der Waals surface area contributed by atoms with Crippen LogP contribution in [0.3, 0.4) is 0 Å². The minimum Gasteiger partial charge on any atom is -0.357 e. The van der Waals surface area contributed by atoms with Gasteiger partial charge in [-0.1, -0.05) is 39.0 Å². The third-order valence-corrected chi connectivity index (χ3v) is 3.87. The number of hydrogen-bond acceptors (Lipinski definition) is 4. The van der Waals surface area contributed by atoms with E-state index in [1.165, 1.54) is 19.3 Å². The summed E-state index contributed by atoms with van der Waals surface area (Å²) < 4.78 is 0. The first-order chi connectivity index (χ1) is 7.36. The van der Waals surface area contributed by atoms with Gasteiger partial charge in [-0.3, -0.25) is 0 Å². The molecule has 0 atom stereocenters. The average molecular weight is 239 g/mol. The highest BCUT2D eigenvalue weighted by Crippen LogP contribution is 2.46. The van der Waals surface area contributed by atoms with Crippen LogP contribution in [-0.2, 0) is 0 Å².